The Morgan fingerprint density at radius 2 is 2.50 bits per heavy atom. The molecule has 1 unspecified atom stereocenters. The number of nitrogens with zero attached hydrogens (tertiary/aromatic N) is 3. The van der Waals surface area contributed by atoms with Crippen LogP contribution in [-0.4, -0.2) is 44.1 Å². The zero-order valence-corrected chi connectivity index (χ0v) is 9.24. The lowest BCUT2D eigenvalue weighted by Crippen LogP contribution is -2.16. The zero-order chi connectivity index (χ0) is 12.7. The summed E-state index contributed by atoms with van der Waals surface area (Å²) in [5, 5.41) is 8.92. The van der Waals surface area contributed by atoms with Crippen LogP contribution in [0.3, 0.4) is 0 Å². The third kappa shape index (κ3) is 1.65. The highest BCUT2D eigenvalue weighted by Gasteiger charge is 2.28. The number of rotatable bonds is 2. The fourth-order valence-corrected chi connectivity index (χ4v) is 1.84. The maximum Gasteiger partial charge on any atom is 0.280 e. The molecular weight excluding hydrogens is 242 g/mol. The van der Waals surface area contributed by atoms with Gasteiger partial charge in [-0.15, -0.1) is 0 Å². The Kier molecular flexibility index (Phi) is 2.51. The van der Waals surface area contributed by atoms with Gasteiger partial charge in [-0.1, -0.05) is 0 Å². The number of aliphatic hydroxyl groups is 1. The third-order valence-electron chi connectivity index (χ3n) is 2.64. The molecule has 0 aliphatic carbocycles. The van der Waals surface area contributed by atoms with Crippen molar-refractivity contribution in [1.82, 2.24) is 19.5 Å². The van der Waals surface area contributed by atoms with Gasteiger partial charge in [0, 0.05) is 0 Å². The second-order valence-corrected chi connectivity index (χ2v) is 3.81. The van der Waals surface area contributed by atoms with Crippen LogP contribution in [0.15, 0.2) is 11.1 Å². The number of nitrogens with two attached hydrogens (primary N) is 1. The molecule has 1 aliphatic heterocycles. The molecule has 0 aromatic carbocycles. The van der Waals surface area contributed by atoms with Gasteiger partial charge in [0.25, 0.3) is 5.56 Å². The van der Waals surface area contributed by atoms with Crippen molar-refractivity contribution < 1.29 is 14.6 Å². The van der Waals surface area contributed by atoms with Crippen LogP contribution >= 0.6 is 0 Å². The van der Waals surface area contributed by atoms with E-state index in [9.17, 15) is 4.79 Å². The smallest absolute Gasteiger partial charge is 0.280 e. The Labute approximate surface area is 100 Å². The minimum absolute atomic E-state index is 0.00636. The molecule has 1 aliphatic rings. The normalized spacial score (nSPS) is 23.8. The quantitative estimate of drug-likeness (QED) is 0.598. The van der Waals surface area contributed by atoms with Crippen LogP contribution in [0.4, 0.5) is 5.95 Å². The largest absolute Gasteiger partial charge is 0.391 e. The molecule has 96 valence electrons. The van der Waals surface area contributed by atoms with E-state index >= 15 is 0 Å². The van der Waals surface area contributed by atoms with Crippen molar-refractivity contribution in [1.29, 1.82) is 0 Å². The molecule has 0 amide bonds. The molecule has 2 atom stereocenters. The number of imidazole rings is 1. The first-order chi connectivity index (χ1) is 8.69. The molecular formula is C9H11N5O4. The fourth-order valence-electron chi connectivity index (χ4n) is 1.84. The number of fused-ring (bicyclic) bond motifs is 1. The molecule has 3 rings (SSSR count). The number of aliphatic hydroxyl groups excluding tert-OH is 1. The minimum atomic E-state index is -0.674. The lowest BCUT2D eigenvalue weighted by Gasteiger charge is -2.11. The number of hydrogen-bond donors (Lipinski definition) is 3. The van der Waals surface area contributed by atoms with Crippen LogP contribution in [0.5, 0.6) is 0 Å². The Hall–Kier alpha value is -1.97. The van der Waals surface area contributed by atoms with Crippen LogP contribution in [-0.2, 0) is 9.47 Å². The van der Waals surface area contributed by atoms with Crippen molar-refractivity contribution in [2.45, 2.75) is 12.5 Å². The first-order valence-corrected chi connectivity index (χ1v) is 5.29. The van der Waals surface area contributed by atoms with E-state index in [0.717, 1.165) is 0 Å². The summed E-state index contributed by atoms with van der Waals surface area (Å²) in [7, 11) is 0. The van der Waals surface area contributed by atoms with Crippen LogP contribution in [0, 0.1) is 0 Å². The van der Waals surface area contributed by atoms with E-state index in [1.807, 2.05) is 0 Å². The van der Waals surface area contributed by atoms with Crippen LogP contribution in [0.25, 0.3) is 11.2 Å². The standard InChI is InChI=1S/C9H11N5O4/c10-9-12-7-6(8(16)13-9)11-3-14(7)4-2-17-5(1-15)18-4/h3-5,15H,1-2H2,(H3,10,12,13,16)/t4?,5-/m1/s1. The lowest BCUT2D eigenvalue weighted by molar-refractivity contribution is -0.0980. The summed E-state index contributed by atoms with van der Waals surface area (Å²) < 4.78 is 12.1. The van der Waals surface area contributed by atoms with Crippen molar-refractivity contribution >= 4 is 17.1 Å². The zero-order valence-electron chi connectivity index (χ0n) is 9.24. The van der Waals surface area contributed by atoms with E-state index in [1.165, 1.54) is 6.33 Å². The molecule has 1 fully saturated rings. The van der Waals surface area contributed by atoms with Gasteiger partial charge in [0.2, 0.25) is 5.95 Å². The molecule has 0 saturated carbocycles. The second kappa shape index (κ2) is 4.05. The Balaban J connectivity index is 2.05. The SMILES string of the molecule is Nc1nc2c(ncn2C2CO[C@@H](CO)O2)c(=O)[nH]1. The maximum atomic E-state index is 11.6. The van der Waals surface area contributed by atoms with Crippen LogP contribution in [0.2, 0.25) is 0 Å². The van der Waals surface area contributed by atoms with Gasteiger partial charge >= 0.3 is 0 Å². The van der Waals surface area contributed by atoms with Crippen molar-refractivity contribution in [2.75, 3.05) is 18.9 Å². The minimum Gasteiger partial charge on any atom is -0.391 e. The van der Waals surface area contributed by atoms with E-state index in [-0.39, 0.29) is 24.7 Å². The molecule has 3 heterocycles. The van der Waals surface area contributed by atoms with E-state index in [0.29, 0.717) is 5.65 Å². The van der Waals surface area contributed by atoms with Gasteiger partial charge in [0.1, 0.15) is 0 Å². The predicted octanol–water partition coefficient (Wildman–Crippen LogP) is -1.43. The van der Waals surface area contributed by atoms with Crippen molar-refractivity contribution in [3.8, 4) is 0 Å². The summed E-state index contributed by atoms with van der Waals surface area (Å²) in [5.41, 5.74) is 5.58. The summed E-state index contributed by atoms with van der Waals surface area (Å²) in [6, 6.07) is 0. The maximum absolute atomic E-state index is 11.6. The Bertz CT molecular complexity index is 635. The number of nitrogen functional groups attached to an aromatic ring is 1. The molecule has 4 N–H and O–H groups in total. The highest BCUT2D eigenvalue weighted by atomic mass is 16.7. The summed E-state index contributed by atoms with van der Waals surface area (Å²) in [4.78, 5) is 21.9. The van der Waals surface area contributed by atoms with Gasteiger partial charge in [0.05, 0.1) is 19.5 Å². The number of aromatic amines is 1. The Morgan fingerprint density at radius 3 is 3.22 bits per heavy atom. The average molecular weight is 253 g/mol. The molecule has 18 heavy (non-hydrogen) atoms. The van der Waals surface area contributed by atoms with E-state index in [1.54, 1.807) is 4.57 Å². The van der Waals surface area contributed by atoms with E-state index < -0.39 is 18.1 Å². The first-order valence-electron chi connectivity index (χ1n) is 5.29. The molecule has 9 nitrogen and oxygen atoms in total. The summed E-state index contributed by atoms with van der Waals surface area (Å²) >= 11 is 0. The van der Waals surface area contributed by atoms with Gasteiger partial charge in [-0.25, -0.2) is 4.98 Å². The average Bonchev–Trinajstić information content (AvgIpc) is 2.93. The number of anilines is 1. The fraction of sp³-hybridized carbons (Fsp3) is 0.444. The monoisotopic (exact) mass is 253 g/mol. The predicted molar refractivity (Wildman–Crippen MR) is 59.5 cm³/mol. The lowest BCUT2D eigenvalue weighted by atomic mass is 10.5. The third-order valence-corrected chi connectivity index (χ3v) is 2.64. The van der Waals surface area contributed by atoms with Crippen LogP contribution in [0.1, 0.15) is 6.23 Å². The summed E-state index contributed by atoms with van der Waals surface area (Å²) in [6.07, 6.45) is 0.271. The van der Waals surface area contributed by atoms with Gasteiger partial charge in [-0.05, 0) is 0 Å². The van der Waals surface area contributed by atoms with Crippen molar-refractivity contribution in [2.24, 2.45) is 0 Å². The van der Waals surface area contributed by atoms with E-state index in [4.69, 9.17) is 20.3 Å². The number of ether oxygens (including phenoxy) is 2. The first kappa shape index (κ1) is 11.1. The topological polar surface area (TPSA) is 128 Å². The molecule has 2 aromatic heterocycles. The van der Waals surface area contributed by atoms with E-state index in [2.05, 4.69) is 15.0 Å². The second-order valence-electron chi connectivity index (χ2n) is 3.81. The highest BCUT2D eigenvalue weighted by molar-refractivity contribution is 5.70. The Morgan fingerprint density at radius 1 is 1.67 bits per heavy atom. The molecule has 2 aromatic rings. The van der Waals surface area contributed by atoms with Crippen molar-refractivity contribution in [3.05, 3.63) is 16.7 Å². The summed E-state index contributed by atoms with van der Waals surface area (Å²) in [5.74, 6) is 0.00636. The van der Waals surface area contributed by atoms with Gasteiger partial charge in [-0.2, -0.15) is 4.98 Å². The molecule has 0 bridgehead atoms. The molecule has 0 spiro atoms. The summed E-state index contributed by atoms with van der Waals surface area (Å²) in [6.45, 7) is 0.00432. The molecule has 0 radical (unpaired) electrons. The number of nitrogens with one attached hydrogen (secondary N) is 1. The van der Waals surface area contributed by atoms with Gasteiger partial charge in [0.15, 0.2) is 23.7 Å². The number of aromatic nitrogens is 4. The van der Waals surface area contributed by atoms with Crippen LogP contribution < -0.4 is 11.3 Å². The van der Waals surface area contributed by atoms with Gasteiger partial charge in [-0.3, -0.25) is 14.3 Å². The highest BCUT2D eigenvalue weighted by Crippen LogP contribution is 2.23. The molecule has 1 saturated heterocycles. The molecule has 9 heteroatoms. The number of hydrogen-bond acceptors (Lipinski definition) is 7. The number of H-pyrrole nitrogens is 1. The van der Waals surface area contributed by atoms with Gasteiger partial charge < -0.3 is 20.3 Å². The van der Waals surface area contributed by atoms with Crippen molar-refractivity contribution in [3.63, 3.8) is 0 Å².